The molecule has 4 nitrogen and oxygen atoms in total. The van der Waals surface area contributed by atoms with Gasteiger partial charge in [-0.1, -0.05) is 12.1 Å². The summed E-state index contributed by atoms with van der Waals surface area (Å²) in [5.41, 5.74) is 6.88. The first-order valence-corrected chi connectivity index (χ1v) is 7.33. The molecule has 0 unspecified atom stereocenters. The molecular formula is C18H13NO3. The Kier molecular flexibility index (Phi) is 2.23. The summed E-state index contributed by atoms with van der Waals surface area (Å²) in [6, 6.07) is 5.72. The molecular weight excluding hydrogens is 278 g/mol. The van der Waals surface area contributed by atoms with Crippen molar-refractivity contribution in [3.8, 4) is 11.5 Å². The SMILES string of the molecule is O=C(NCc1ccc2c(c1)OCO2)C1=C2C=C3CC3=C2C=C1. The average molecular weight is 291 g/mol. The maximum absolute atomic E-state index is 12.4. The first kappa shape index (κ1) is 11.9. The standard InChI is InChI=1S/C18H13NO3/c20-18(13-3-2-12-14-6-11(14)7-15(12)13)19-8-10-1-4-16-17(5-10)22-9-21-16/h1-5,7H,6,8-9H2,(H,19,20). The molecule has 1 amide bonds. The molecule has 1 heterocycles. The molecule has 1 fully saturated rings. The Morgan fingerprint density at radius 1 is 1.14 bits per heavy atom. The number of hydrogen-bond donors (Lipinski definition) is 1. The number of benzene rings is 1. The first-order valence-electron chi connectivity index (χ1n) is 7.33. The van der Waals surface area contributed by atoms with E-state index in [1.807, 2.05) is 24.3 Å². The monoisotopic (exact) mass is 291 g/mol. The van der Waals surface area contributed by atoms with Crippen molar-refractivity contribution >= 4 is 5.91 Å². The third-order valence-electron chi connectivity index (χ3n) is 4.41. The van der Waals surface area contributed by atoms with Crippen LogP contribution in [0.4, 0.5) is 0 Å². The summed E-state index contributed by atoms with van der Waals surface area (Å²) in [4.78, 5) is 12.4. The van der Waals surface area contributed by atoms with Gasteiger partial charge in [0.05, 0.1) is 0 Å². The second-order valence-corrected chi connectivity index (χ2v) is 5.77. The molecule has 0 bridgehead atoms. The van der Waals surface area contributed by atoms with Gasteiger partial charge in [0.25, 0.3) is 5.91 Å². The van der Waals surface area contributed by atoms with Gasteiger partial charge in [-0.3, -0.25) is 4.79 Å². The van der Waals surface area contributed by atoms with Crippen molar-refractivity contribution in [1.82, 2.24) is 5.32 Å². The number of nitrogens with one attached hydrogen (secondary N) is 1. The maximum atomic E-state index is 12.4. The molecule has 0 atom stereocenters. The van der Waals surface area contributed by atoms with Crippen molar-refractivity contribution in [2.75, 3.05) is 6.79 Å². The van der Waals surface area contributed by atoms with Gasteiger partial charge in [0.2, 0.25) is 6.79 Å². The van der Waals surface area contributed by atoms with Crippen molar-refractivity contribution in [3.63, 3.8) is 0 Å². The van der Waals surface area contributed by atoms with Gasteiger partial charge in [0.1, 0.15) is 0 Å². The minimum absolute atomic E-state index is 0.0299. The van der Waals surface area contributed by atoms with Crippen LogP contribution in [0.15, 0.2) is 64.3 Å². The molecule has 1 aromatic carbocycles. The van der Waals surface area contributed by atoms with E-state index in [2.05, 4.69) is 17.5 Å². The molecule has 4 heteroatoms. The molecule has 1 aliphatic heterocycles. The zero-order chi connectivity index (χ0) is 14.7. The van der Waals surface area contributed by atoms with Crippen molar-refractivity contribution in [1.29, 1.82) is 0 Å². The Bertz CT molecular complexity index is 855. The van der Waals surface area contributed by atoms with Crippen molar-refractivity contribution in [2.24, 2.45) is 0 Å². The van der Waals surface area contributed by atoms with E-state index in [4.69, 9.17) is 9.47 Å². The number of carbonyl (C=O) groups is 1. The van der Waals surface area contributed by atoms with Crippen molar-refractivity contribution < 1.29 is 14.3 Å². The second kappa shape index (κ2) is 4.13. The van der Waals surface area contributed by atoms with Gasteiger partial charge in [0, 0.05) is 12.1 Å². The summed E-state index contributed by atoms with van der Waals surface area (Å²) < 4.78 is 10.6. The highest BCUT2D eigenvalue weighted by atomic mass is 16.7. The lowest BCUT2D eigenvalue weighted by atomic mass is 10.1. The third kappa shape index (κ3) is 1.67. The minimum atomic E-state index is -0.0299. The topological polar surface area (TPSA) is 47.6 Å². The van der Waals surface area contributed by atoms with Crippen LogP contribution in [0.2, 0.25) is 0 Å². The number of carbonyl (C=O) groups excluding carboxylic acids is 1. The van der Waals surface area contributed by atoms with Crippen LogP contribution in [0.25, 0.3) is 0 Å². The van der Waals surface area contributed by atoms with E-state index < -0.39 is 0 Å². The Labute approximate surface area is 127 Å². The first-order chi connectivity index (χ1) is 10.8. The molecule has 1 N–H and O–H groups in total. The van der Waals surface area contributed by atoms with Gasteiger partial charge in [0.15, 0.2) is 11.5 Å². The second-order valence-electron chi connectivity index (χ2n) is 5.77. The van der Waals surface area contributed by atoms with E-state index in [1.165, 1.54) is 16.7 Å². The molecule has 1 saturated carbocycles. The lowest BCUT2D eigenvalue weighted by Gasteiger charge is -2.07. The Balaban J connectivity index is 1.32. The number of fused-ring (bicyclic) bond motifs is 3. The lowest BCUT2D eigenvalue weighted by molar-refractivity contribution is -0.117. The summed E-state index contributed by atoms with van der Waals surface area (Å²) in [6.07, 6.45) is 7.20. The molecule has 0 radical (unpaired) electrons. The quantitative estimate of drug-likeness (QED) is 0.931. The highest BCUT2D eigenvalue weighted by Gasteiger charge is 2.35. The zero-order valence-electron chi connectivity index (χ0n) is 11.8. The predicted octanol–water partition coefficient (Wildman–Crippen LogP) is 2.54. The van der Waals surface area contributed by atoms with E-state index in [-0.39, 0.29) is 12.7 Å². The smallest absolute Gasteiger partial charge is 0.252 e. The Hall–Kier alpha value is -2.75. The highest BCUT2D eigenvalue weighted by molar-refractivity contribution is 6.01. The lowest BCUT2D eigenvalue weighted by Crippen LogP contribution is -2.24. The summed E-state index contributed by atoms with van der Waals surface area (Å²) in [5, 5.41) is 2.98. The molecule has 22 heavy (non-hydrogen) atoms. The Morgan fingerprint density at radius 3 is 3.00 bits per heavy atom. The molecule has 0 saturated heterocycles. The minimum Gasteiger partial charge on any atom is -0.454 e. The van der Waals surface area contributed by atoms with Gasteiger partial charge in [-0.05, 0) is 58.6 Å². The van der Waals surface area contributed by atoms with Gasteiger partial charge in [-0.2, -0.15) is 0 Å². The Morgan fingerprint density at radius 2 is 2.05 bits per heavy atom. The number of ether oxygens (including phenoxy) is 2. The van der Waals surface area contributed by atoms with Crippen LogP contribution in [-0.2, 0) is 11.3 Å². The predicted molar refractivity (Wildman–Crippen MR) is 80.3 cm³/mol. The fourth-order valence-electron chi connectivity index (χ4n) is 3.16. The van der Waals surface area contributed by atoms with E-state index >= 15 is 0 Å². The molecule has 5 rings (SSSR count). The van der Waals surface area contributed by atoms with E-state index in [0.717, 1.165) is 34.6 Å². The van der Waals surface area contributed by atoms with Crippen LogP contribution in [0.5, 0.6) is 11.5 Å². The highest BCUT2D eigenvalue weighted by Crippen LogP contribution is 2.51. The molecule has 4 aliphatic rings. The van der Waals surface area contributed by atoms with Crippen molar-refractivity contribution in [2.45, 2.75) is 13.0 Å². The zero-order valence-corrected chi connectivity index (χ0v) is 11.8. The van der Waals surface area contributed by atoms with Gasteiger partial charge < -0.3 is 14.8 Å². The number of hydrogen-bond acceptors (Lipinski definition) is 3. The summed E-state index contributed by atoms with van der Waals surface area (Å²) >= 11 is 0. The van der Waals surface area contributed by atoms with Crippen LogP contribution in [-0.4, -0.2) is 12.7 Å². The number of amides is 1. The van der Waals surface area contributed by atoms with E-state index in [1.54, 1.807) is 0 Å². The van der Waals surface area contributed by atoms with E-state index in [0.29, 0.717) is 6.54 Å². The average Bonchev–Trinajstić information content (AvgIpc) is 2.93. The molecule has 108 valence electrons. The maximum Gasteiger partial charge on any atom is 0.252 e. The molecule has 0 spiro atoms. The summed E-state index contributed by atoms with van der Waals surface area (Å²) in [5.74, 6) is 1.46. The third-order valence-corrected chi connectivity index (χ3v) is 4.41. The van der Waals surface area contributed by atoms with E-state index in [9.17, 15) is 4.79 Å². The molecule has 1 aromatic rings. The van der Waals surface area contributed by atoms with Crippen molar-refractivity contribution in [3.05, 3.63) is 69.9 Å². The van der Waals surface area contributed by atoms with Gasteiger partial charge >= 0.3 is 0 Å². The largest absolute Gasteiger partial charge is 0.454 e. The fourth-order valence-corrected chi connectivity index (χ4v) is 3.16. The fraction of sp³-hybridized carbons (Fsp3) is 0.167. The number of allylic oxidation sites excluding steroid dienone is 6. The summed E-state index contributed by atoms with van der Waals surface area (Å²) in [7, 11) is 0. The van der Waals surface area contributed by atoms with Crippen LogP contribution in [0.3, 0.4) is 0 Å². The van der Waals surface area contributed by atoms with Crippen LogP contribution in [0, 0.1) is 0 Å². The van der Waals surface area contributed by atoms with Gasteiger partial charge in [-0.15, -0.1) is 0 Å². The van der Waals surface area contributed by atoms with Gasteiger partial charge in [-0.25, -0.2) is 0 Å². The summed E-state index contributed by atoms with van der Waals surface area (Å²) in [6.45, 7) is 0.737. The molecule has 0 aromatic heterocycles. The van der Waals surface area contributed by atoms with Crippen LogP contribution in [0.1, 0.15) is 12.0 Å². The van der Waals surface area contributed by atoms with Crippen LogP contribution >= 0.6 is 0 Å². The molecule has 3 aliphatic carbocycles. The van der Waals surface area contributed by atoms with Crippen LogP contribution < -0.4 is 14.8 Å². The normalized spacial score (nSPS) is 19.4. The number of rotatable bonds is 3.